The number of nitrogens with zero attached hydrogens (tertiary/aromatic N) is 2. The number of ether oxygens (including phenoxy) is 1. The first-order valence-electron chi connectivity index (χ1n) is 9.83. The molecule has 0 bridgehead atoms. The molecule has 2 fully saturated rings. The summed E-state index contributed by atoms with van der Waals surface area (Å²) in [4.78, 5) is 15.5. The van der Waals surface area contributed by atoms with E-state index in [2.05, 4.69) is 10.2 Å². The van der Waals surface area contributed by atoms with E-state index in [0.29, 0.717) is 17.7 Å². The van der Waals surface area contributed by atoms with Crippen LogP contribution in [0.25, 0.3) is 10.9 Å². The molecule has 5 heteroatoms. The molecule has 1 aromatic heterocycles. The third-order valence-electron chi connectivity index (χ3n) is 6.24. The molecule has 26 heavy (non-hydrogen) atoms. The molecule has 3 heterocycles. The van der Waals surface area contributed by atoms with Crippen molar-refractivity contribution in [2.24, 2.45) is 13.0 Å². The number of carbonyl (C=O) groups excluding carboxylic acids is 1. The minimum Gasteiger partial charge on any atom is -0.497 e. The molecule has 1 amide bonds. The van der Waals surface area contributed by atoms with E-state index in [1.807, 2.05) is 35.9 Å². The maximum Gasteiger partial charge on any atom is 0.267 e. The lowest BCUT2D eigenvalue weighted by Gasteiger charge is -2.44. The van der Waals surface area contributed by atoms with Gasteiger partial charge in [-0.05, 0) is 62.9 Å². The lowest BCUT2D eigenvalue weighted by Crippen LogP contribution is -2.51. The van der Waals surface area contributed by atoms with Gasteiger partial charge in [-0.15, -0.1) is 0 Å². The fraction of sp³-hybridized carbons (Fsp3) is 0.571. The molecule has 2 aliphatic rings. The van der Waals surface area contributed by atoms with E-state index in [1.165, 1.54) is 45.2 Å². The third-order valence-corrected chi connectivity index (χ3v) is 6.24. The van der Waals surface area contributed by atoms with Crippen LogP contribution in [-0.2, 0) is 7.05 Å². The number of aromatic nitrogens is 1. The van der Waals surface area contributed by atoms with Crippen molar-refractivity contribution in [3.8, 4) is 5.75 Å². The Bertz CT molecular complexity index is 796. The monoisotopic (exact) mass is 355 g/mol. The summed E-state index contributed by atoms with van der Waals surface area (Å²) in [6, 6.07) is 8.55. The molecule has 0 unspecified atom stereocenters. The molecule has 5 nitrogen and oxygen atoms in total. The number of nitrogens with one attached hydrogen (secondary N) is 1. The molecule has 0 radical (unpaired) electrons. The summed E-state index contributed by atoms with van der Waals surface area (Å²) >= 11 is 0. The van der Waals surface area contributed by atoms with Crippen molar-refractivity contribution < 1.29 is 9.53 Å². The van der Waals surface area contributed by atoms with Crippen LogP contribution in [0.15, 0.2) is 24.3 Å². The predicted octanol–water partition coefficient (Wildman–Crippen LogP) is 3.18. The molecule has 2 atom stereocenters. The van der Waals surface area contributed by atoms with Gasteiger partial charge in [0.2, 0.25) is 0 Å². The summed E-state index contributed by atoms with van der Waals surface area (Å²) in [5, 5.41) is 4.28. The van der Waals surface area contributed by atoms with Gasteiger partial charge in [0, 0.05) is 31.1 Å². The Morgan fingerprint density at radius 3 is 2.88 bits per heavy atom. The molecule has 140 valence electrons. The van der Waals surface area contributed by atoms with E-state index in [-0.39, 0.29) is 5.91 Å². The summed E-state index contributed by atoms with van der Waals surface area (Å²) in [6.07, 6.45) is 6.43. The van der Waals surface area contributed by atoms with Gasteiger partial charge in [-0.3, -0.25) is 4.79 Å². The number of methoxy groups -OCH3 is 1. The van der Waals surface area contributed by atoms with Crippen molar-refractivity contribution >= 4 is 16.8 Å². The highest BCUT2D eigenvalue weighted by molar-refractivity contribution is 5.99. The molecule has 0 spiro atoms. The molecule has 2 saturated heterocycles. The maximum atomic E-state index is 12.8. The molecule has 2 aliphatic heterocycles. The average molecular weight is 355 g/mol. The zero-order valence-corrected chi connectivity index (χ0v) is 15.8. The lowest BCUT2D eigenvalue weighted by molar-refractivity contribution is 0.0574. The number of fused-ring (bicyclic) bond motifs is 2. The first kappa shape index (κ1) is 17.4. The van der Waals surface area contributed by atoms with Gasteiger partial charge >= 0.3 is 0 Å². The number of benzene rings is 1. The zero-order valence-electron chi connectivity index (χ0n) is 15.8. The lowest BCUT2D eigenvalue weighted by atomic mass is 9.83. The topological polar surface area (TPSA) is 46.5 Å². The largest absolute Gasteiger partial charge is 0.497 e. The minimum absolute atomic E-state index is 0.0237. The van der Waals surface area contributed by atoms with E-state index < -0.39 is 0 Å². The number of carbonyl (C=O) groups is 1. The highest BCUT2D eigenvalue weighted by Crippen LogP contribution is 2.30. The molecule has 4 rings (SSSR count). The molecule has 2 aromatic rings. The fourth-order valence-electron chi connectivity index (χ4n) is 4.78. The van der Waals surface area contributed by atoms with Crippen molar-refractivity contribution in [3.63, 3.8) is 0 Å². The van der Waals surface area contributed by atoms with Crippen LogP contribution >= 0.6 is 0 Å². The third kappa shape index (κ3) is 3.20. The fourth-order valence-corrected chi connectivity index (χ4v) is 4.78. The number of amides is 1. The van der Waals surface area contributed by atoms with Crippen molar-refractivity contribution in [1.82, 2.24) is 14.8 Å². The van der Waals surface area contributed by atoms with Crippen LogP contribution in [0.5, 0.6) is 5.75 Å². The van der Waals surface area contributed by atoms with Gasteiger partial charge in [0.05, 0.1) is 12.6 Å². The van der Waals surface area contributed by atoms with Crippen LogP contribution in [0.1, 0.15) is 42.6 Å². The van der Waals surface area contributed by atoms with Gasteiger partial charge in [0.15, 0.2) is 0 Å². The van der Waals surface area contributed by atoms with Crippen LogP contribution < -0.4 is 10.1 Å². The standard InChI is InChI=1S/C21H29N3O2/c1-23-19-13-17(26-2)9-8-15(19)12-20(23)21(25)22-14-16-6-5-11-24-10-4-3-7-18(16)24/h8-9,12-13,16,18H,3-7,10-11,14H2,1-2H3,(H,22,25)/t16-,18+/m1/s1. The van der Waals surface area contributed by atoms with Crippen LogP contribution in [0.3, 0.4) is 0 Å². The maximum absolute atomic E-state index is 12.8. The Kier molecular flexibility index (Phi) is 4.90. The van der Waals surface area contributed by atoms with Gasteiger partial charge in [-0.1, -0.05) is 6.42 Å². The number of hydrogen-bond donors (Lipinski definition) is 1. The van der Waals surface area contributed by atoms with Gasteiger partial charge in [0.1, 0.15) is 11.4 Å². The average Bonchev–Trinajstić information content (AvgIpc) is 3.02. The molecule has 0 saturated carbocycles. The molecule has 1 N–H and O–H groups in total. The quantitative estimate of drug-likeness (QED) is 0.916. The van der Waals surface area contributed by atoms with Crippen molar-refractivity contribution in [3.05, 3.63) is 30.0 Å². The highest BCUT2D eigenvalue weighted by atomic mass is 16.5. The second-order valence-electron chi connectivity index (χ2n) is 7.72. The van der Waals surface area contributed by atoms with E-state index in [4.69, 9.17) is 4.74 Å². The van der Waals surface area contributed by atoms with E-state index >= 15 is 0 Å². The van der Waals surface area contributed by atoms with Gasteiger partial charge in [0.25, 0.3) is 5.91 Å². The smallest absolute Gasteiger partial charge is 0.267 e. The van der Waals surface area contributed by atoms with E-state index in [0.717, 1.165) is 23.2 Å². The molecule has 1 aromatic carbocycles. The highest BCUT2D eigenvalue weighted by Gasteiger charge is 2.33. The van der Waals surface area contributed by atoms with Crippen LogP contribution in [-0.4, -0.2) is 48.2 Å². The second kappa shape index (κ2) is 7.31. The Morgan fingerprint density at radius 1 is 1.19 bits per heavy atom. The van der Waals surface area contributed by atoms with Crippen molar-refractivity contribution in [2.75, 3.05) is 26.7 Å². The second-order valence-corrected chi connectivity index (χ2v) is 7.72. The zero-order chi connectivity index (χ0) is 18.1. The first-order valence-corrected chi connectivity index (χ1v) is 9.83. The van der Waals surface area contributed by atoms with Gasteiger partial charge < -0.3 is 19.5 Å². The Hall–Kier alpha value is -2.01. The number of hydrogen-bond acceptors (Lipinski definition) is 3. The number of piperidine rings is 2. The van der Waals surface area contributed by atoms with E-state index in [1.54, 1.807) is 7.11 Å². The molecular formula is C21H29N3O2. The summed E-state index contributed by atoms with van der Waals surface area (Å²) in [5.41, 5.74) is 1.73. The summed E-state index contributed by atoms with van der Waals surface area (Å²) in [6.45, 7) is 3.26. The Morgan fingerprint density at radius 2 is 2.04 bits per heavy atom. The normalized spacial score (nSPS) is 23.6. The molecular weight excluding hydrogens is 326 g/mol. The Labute approximate surface area is 155 Å². The molecule has 0 aliphatic carbocycles. The van der Waals surface area contributed by atoms with Crippen molar-refractivity contribution in [2.45, 2.75) is 38.1 Å². The minimum atomic E-state index is 0.0237. The van der Waals surface area contributed by atoms with Crippen molar-refractivity contribution in [1.29, 1.82) is 0 Å². The Balaban J connectivity index is 1.46. The van der Waals surface area contributed by atoms with E-state index in [9.17, 15) is 4.79 Å². The van der Waals surface area contributed by atoms with Gasteiger partial charge in [-0.2, -0.15) is 0 Å². The number of aryl methyl sites for hydroxylation is 1. The summed E-state index contributed by atoms with van der Waals surface area (Å²) in [5.74, 6) is 1.42. The van der Waals surface area contributed by atoms with Gasteiger partial charge in [-0.25, -0.2) is 0 Å². The number of rotatable bonds is 4. The SMILES string of the molecule is COc1ccc2cc(C(=O)NC[C@H]3CCCN4CCCC[C@@H]34)n(C)c2c1. The van der Waals surface area contributed by atoms with Crippen LogP contribution in [0, 0.1) is 5.92 Å². The summed E-state index contributed by atoms with van der Waals surface area (Å²) < 4.78 is 7.26. The summed E-state index contributed by atoms with van der Waals surface area (Å²) in [7, 11) is 3.61. The predicted molar refractivity (Wildman–Crippen MR) is 104 cm³/mol. The first-order chi connectivity index (χ1) is 12.7. The van der Waals surface area contributed by atoms with Crippen LogP contribution in [0.4, 0.5) is 0 Å². The van der Waals surface area contributed by atoms with Crippen LogP contribution in [0.2, 0.25) is 0 Å².